The van der Waals surface area contributed by atoms with Gasteiger partial charge in [-0.15, -0.1) is 0 Å². The molecule has 0 saturated carbocycles. The largest absolute Gasteiger partial charge is 0.358 e. The van der Waals surface area contributed by atoms with Gasteiger partial charge in [-0.2, -0.15) is 0 Å². The molecule has 0 aliphatic carbocycles. The van der Waals surface area contributed by atoms with Gasteiger partial charge in [0.2, 0.25) is 0 Å². The number of carbonyl (C=O) groups is 1. The maximum atomic E-state index is 11.8. The second-order valence-corrected chi connectivity index (χ2v) is 35.3. The van der Waals surface area contributed by atoms with Crippen molar-refractivity contribution in [1.82, 2.24) is 0 Å². The third-order valence-electron chi connectivity index (χ3n) is 11.6. The van der Waals surface area contributed by atoms with E-state index in [0.29, 0.717) is 45.4 Å². The van der Waals surface area contributed by atoms with Crippen LogP contribution in [0.2, 0.25) is 0 Å². The summed E-state index contributed by atoms with van der Waals surface area (Å²) in [7, 11) is 1.99. The molecule has 1 aromatic heterocycles. The number of hydrogen-bond donors (Lipinski definition) is 1. The van der Waals surface area contributed by atoms with E-state index < -0.39 is 18.5 Å². The van der Waals surface area contributed by atoms with Crippen LogP contribution in [-0.4, -0.2) is 91.5 Å². The quantitative estimate of drug-likeness (QED) is 0.0887. The van der Waals surface area contributed by atoms with E-state index in [1.54, 1.807) is 6.92 Å². The van der Waals surface area contributed by atoms with Crippen molar-refractivity contribution in [2.45, 2.75) is 219 Å². The molecule has 1 aromatic rings. The maximum absolute atomic E-state index is 11.8. The average Bonchev–Trinajstić information content (AvgIpc) is 3.14. The van der Waals surface area contributed by atoms with Crippen molar-refractivity contribution >= 4 is 43.2 Å². The molecule has 0 aromatic carbocycles. The summed E-state index contributed by atoms with van der Waals surface area (Å²) in [6.45, 7) is 18.9. The number of nitrogens with zero attached hydrogens (tertiary/aromatic N) is 1. The van der Waals surface area contributed by atoms with E-state index in [9.17, 15) is 9.90 Å². The molecule has 1 N–H and O–H groups in total. The van der Waals surface area contributed by atoms with Crippen LogP contribution in [0.4, 0.5) is 0 Å². The zero-order valence-electron chi connectivity index (χ0n) is 38.1. The molecule has 0 amide bonds. The topological polar surface area (TPSA) is 124 Å². The van der Waals surface area contributed by atoms with Crippen LogP contribution in [0.25, 0.3) is 0 Å². The fourth-order valence-electron chi connectivity index (χ4n) is 8.42. The summed E-state index contributed by atoms with van der Waals surface area (Å²) in [6.07, 6.45) is 10.6. The molecule has 12 unspecified atom stereocenters. The van der Waals surface area contributed by atoms with Crippen molar-refractivity contribution in [3.63, 3.8) is 0 Å². The van der Waals surface area contributed by atoms with Crippen molar-refractivity contribution in [1.29, 1.82) is 0 Å². The van der Waals surface area contributed by atoms with Crippen molar-refractivity contribution in [3.8, 4) is 0 Å². The number of pyridine rings is 1. The number of aliphatic hydroxyl groups is 1. The Morgan fingerprint density at radius 2 is 1.30 bits per heavy atom. The molecule has 4 aliphatic heterocycles. The van der Waals surface area contributed by atoms with E-state index in [-0.39, 0.29) is 92.4 Å². The molecular weight excluding hydrogens is 1110 g/mol. The number of halogens is 3. The molecule has 60 heavy (non-hydrogen) atoms. The number of esters is 1. The number of ether oxygens (including phenoxy) is 9. The summed E-state index contributed by atoms with van der Waals surface area (Å²) in [5.41, 5.74) is 1.06. The summed E-state index contributed by atoms with van der Waals surface area (Å²) >= 11 is 5.30. The molecule has 350 valence electrons. The van der Waals surface area contributed by atoms with Crippen LogP contribution in [0.3, 0.4) is 0 Å². The first-order chi connectivity index (χ1) is 27.8. The van der Waals surface area contributed by atoms with E-state index >= 15 is 0 Å². The van der Waals surface area contributed by atoms with Crippen LogP contribution in [0.15, 0.2) is 24.5 Å². The molecule has 4 aliphatic rings. The Bertz CT molecular complexity index is 1340. The smallest absolute Gasteiger partial charge is 0.358 e. The normalized spacial score (nSPS) is 32.5. The van der Waals surface area contributed by atoms with E-state index in [2.05, 4.69) is 85.7 Å². The van der Waals surface area contributed by atoms with Gasteiger partial charge in [0.05, 0.1) is 54.9 Å². The van der Waals surface area contributed by atoms with Gasteiger partial charge in [0.15, 0.2) is 31.3 Å². The van der Waals surface area contributed by atoms with Crippen LogP contribution in [0, 0.1) is 18.3 Å². The third-order valence-corrected chi connectivity index (χ3v) is 11.6. The van der Waals surface area contributed by atoms with Crippen LogP contribution in [0.5, 0.6) is 0 Å². The van der Waals surface area contributed by atoms with Crippen molar-refractivity contribution < 1.29 is 70.4 Å². The molecule has 12 nitrogen and oxygen atoms in total. The Morgan fingerprint density at radius 1 is 0.817 bits per heavy atom. The van der Waals surface area contributed by atoms with Gasteiger partial charge in [-0.1, -0.05) is 48.5 Å². The second kappa shape index (κ2) is 26.6. The van der Waals surface area contributed by atoms with Gasteiger partial charge in [-0.3, -0.25) is 4.79 Å². The first-order valence-corrected chi connectivity index (χ1v) is 34.3. The van der Waals surface area contributed by atoms with E-state index in [0.717, 1.165) is 50.5 Å². The standard InChI is InChI=1S/C44H74NO11.CH3.I3/c1-11-31-20-35(52-40(51-31)13-12-14-41-55-38(43(4,5)6)26-39(56-41)44(7,8)9)24-37-25-36(53-42(54-37)30-15-17-45(10)18-16-30)23-33-21-32(48-27-49-33)22-34(19-28(2)46)50-29(3)47;;1-3-2/h15-18,28,31-42,46H,11-14,19-27H2,1-10H3;1H3;/q+1;2*-1. The molecule has 0 radical (unpaired) electrons. The molecule has 0 bridgehead atoms. The molecule has 0 spiro atoms. The van der Waals surface area contributed by atoms with Gasteiger partial charge >= 0.3 is 56.5 Å². The van der Waals surface area contributed by atoms with Gasteiger partial charge in [0, 0.05) is 76.0 Å². The van der Waals surface area contributed by atoms with E-state index in [1.165, 1.54) is 6.92 Å². The molecule has 4 fully saturated rings. The van der Waals surface area contributed by atoms with Gasteiger partial charge in [0.1, 0.15) is 19.9 Å². The Balaban J connectivity index is 0.00000233. The molecular formula is C45H77I3NO11-. The van der Waals surface area contributed by atoms with Crippen LogP contribution < -0.4 is 17.8 Å². The number of hydrogen-bond acceptors (Lipinski definition) is 11. The fraction of sp³-hybridized carbons (Fsp3) is 0.844. The van der Waals surface area contributed by atoms with Crippen LogP contribution in [-0.2, 0) is 54.5 Å². The SMILES string of the molecule is CCC1CC(CC2CC(CC3CC(CC(CC(C)O)OC(C)=O)OCO3)OC(c3cc[n+](C)cc3)O2)OC(CCCC2OC(C(C)(C)C)CC(C(C)(C)C)O2)O1.I[I-]I.[CH3-]. The maximum Gasteiger partial charge on any atom is -0.358 e. The zero-order chi connectivity index (χ0) is 43.3. The minimum absolute atomic E-state index is 0. The molecule has 5 rings (SSSR count). The first kappa shape index (κ1) is 54.8. The second-order valence-electron chi connectivity index (χ2n) is 19.1. The Morgan fingerprint density at radius 3 is 1.83 bits per heavy atom. The molecule has 12 atom stereocenters. The summed E-state index contributed by atoms with van der Waals surface area (Å²) in [5.74, 6) is -0.362. The summed E-state index contributed by atoms with van der Waals surface area (Å²) in [4.78, 5) is 11.8. The fourth-order valence-corrected chi connectivity index (χ4v) is 8.42. The first-order valence-electron chi connectivity index (χ1n) is 21.7. The number of aryl methyl sites for hydroxylation is 1. The van der Waals surface area contributed by atoms with Crippen LogP contribution in [0.1, 0.15) is 151 Å². The van der Waals surface area contributed by atoms with Crippen LogP contribution >= 0.6 is 37.2 Å². The summed E-state index contributed by atoms with van der Waals surface area (Å²) in [5, 5.41) is 9.99. The average molecular weight is 1190 g/mol. The number of carbonyl (C=O) groups excluding carboxylic acids is 1. The zero-order valence-corrected chi connectivity index (χ0v) is 44.6. The minimum Gasteiger partial charge on any atom is -0.358 e. The third kappa shape index (κ3) is 19.1. The van der Waals surface area contributed by atoms with Gasteiger partial charge in [-0.05, 0) is 43.4 Å². The monoisotopic (exact) mass is 1190 g/mol. The Labute approximate surface area is 391 Å². The predicted octanol–water partition coefficient (Wildman–Crippen LogP) is 6.59. The van der Waals surface area contributed by atoms with E-state index in [1.807, 2.05) is 36.1 Å². The van der Waals surface area contributed by atoms with Crippen molar-refractivity contribution in [2.75, 3.05) is 6.79 Å². The van der Waals surface area contributed by atoms with Gasteiger partial charge in [0.25, 0.3) is 0 Å². The van der Waals surface area contributed by atoms with E-state index in [4.69, 9.17) is 42.6 Å². The summed E-state index contributed by atoms with van der Waals surface area (Å²) < 4.78 is 59.1. The van der Waals surface area contributed by atoms with Gasteiger partial charge < -0.3 is 55.2 Å². The molecule has 5 heterocycles. The predicted molar refractivity (Wildman–Crippen MR) is 243 cm³/mol. The van der Waals surface area contributed by atoms with Crippen molar-refractivity contribution in [3.05, 3.63) is 37.5 Å². The number of aliphatic hydroxyl groups excluding tert-OH is 1. The minimum atomic E-state index is -0.587. The Kier molecular flexibility index (Phi) is 24.2. The van der Waals surface area contributed by atoms with Crippen molar-refractivity contribution in [2.24, 2.45) is 17.9 Å². The number of rotatable bonds is 15. The number of aromatic nitrogens is 1. The molecule has 15 heteroatoms. The summed E-state index contributed by atoms with van der Waals surface area (Å²) in [6, 6.07) is 4.09. The van der Waals surface area contributed by atoms with Gasteiger partial charge in [-0.25, -0.2) is 4.57 Å². The Hall–Kier alpha value is 0.450. The molecule has 4 saturated heterocycles.